The van der Waals surface area contributed by atoms with E-state index < -0.39 is 5.97 Å². The van der Waals surface area contributed by atoms with Crippen molar-refractivity contribution in [2.24, 2.45) is 11.8 Å². The van der Waals surface area contributed by atoms with Gasteiger partial charge in [0.1, 0.15) is 18.2 Å². The van der Waals surface area contributed by atoms with E-state index in [0.29, 0.717) is 17.5 Å². The van der Waals surface area contributed by atoms with Crippen LogP contribution in [0.25, 0.3) is 16.6 Å². The fourth-order valence-corrected chi connectivity index (χ4v) is 5.39. The molecule has 2 heterocycles. The SMILES string of the molecule is O=C(O)[C@H]1CC[C@H](CN2CCOc3c(Cl)cc(-n4ccc5cc(F)ccc54)cc3C2)CC1. The van der Waals surface area contributed by atoms with Crippen LogP contribution in [0.1, 0.15) is 31.2 Å². The summed E-state index contributed by atoms with van der Waals surface area (Å²) in [7, 11) is 0. The minimum absolute atomic E-state index is 0.189. The molecule has 2 aromatic carbocycles. The number of hydrogen-bond acceptors (Lipinski definition) is 3. The van der Waals surface area contributed by atoms with Crippen LogP contribution in [0.2, 0.25) is 5.02 Å². The molecule has 3 aromatic rings. The Bertz CT molecular complexity index is 1150. The maximum absolute atomic E-state index is 13.6. The number of nitrogens with zero attached hydrogens (tertiary/aromatic N) is 2. The standard InChI is InChI=1S/C25H26ClFN2O3/c26-22-13-21(29-8-7-18-11-20(27)5-6-23(18)29)12-19-15-28(9-10-32-24(19)22)14-16-1-3-17(4-2-16)25(30)31/h5-8,11-13,16-17H,1-4,9-10,14-15H2,(H,30,31)/t16-,17-. The average molecular weight is 457 g/mol. The van der Waals surface area contributed by atoms with E-state index in [-0.39, 0.29) is 11.7 Å². The smallest absolute Gasteiger partial charge is 0.306 e. The number of fused-ring (bicyclic) bond motifs is 2. The molecule has 0 atom stereocenters. The summed E-state index contributed by atoms with van der Waals surface area (Å²) in [5.74, 6) is 0.134. The molecule has 1 aromatic heterocycles. The molecule has 0 bridgehead atoms. The molecule has 1 saturated carbocycles. The topological polar surface area (TPSA) is 54.7 Å². The Morgan fingerprint density at radius 3 is 2.75 bits per heavy atom. The van der Waals surface area contributed by atoms with E-state index in [4.69, 9.17) is 16.3 Å². The summed E-state index contributed by atoms with van der Waals surface area (Å²) in [6.07, 6.45) is 5.36. The van der Waals surface area contributed by atoms with Crippen molar-refractivity contribution in [3.8, 4) is 11.4 Å². The Labute approximate surface area is 191 Å². The van der Waals surface area contributed by atoms with Crippen molar-refractivity contribution in [3.63, 3.8) is 0 Å². The number of halogens is 2. The van der Waals surface area contributed by atoms with Crippen molar-refractivity contribution in [1.29, 1.82) is 0 Å². The number of ether oxygens (including phenoxy) is 1. The van der Waals surface area contributed by atoms with E-state index in [1.54, 1.807) is 6.07 Å². The quantitative estimate of drug-likeness (QED) is 0.562. The Morgan fingerprint density at radius 2 is 1.97 bits per heavy atom. The van der Waals surface area contributed by atoms with Crippen LogP contribution in [0, 0.1) is 17.7 Å². The van der Waals surface area contributed by atoms with Crippen LogP contribution in [0.3, 0.4) is 0 Å². The van der Waals surface area contributed by atoms with Crippen molar-refractivity contribution >= 4 is 28.5 Å². The molecule has 7 heteroatoms. The highest BCUT2D eigenvalue weighted by molar-refractivity contribution is 6.32. The van der Waals surface area contributed by atoms with Crippen molar-refractivity contribution < 1.29 is 19.0 Å². The van der Waals surface area contributed by atoms with Crippen molar-refractivity contribution in [2.45, 2.75) is 32.2 Å². The maximum atomic E-state index is 13.6. The Morgan fingerprint density at radius 1 is 1.16 bits per heavy atom. The monoisotopic (exact) mass is 456 g/mol. The molecule has 0 spiro atoms. The van der Waals surface area contributed by atoms with Gasteiger partial charge in [-0.2, -0.15) is 0 Å². The molecule has 1 aliphatic carbocycles. The van der Waals surface area contributed by atoms with Gasteiger partial charge in [-0.1, -0.05) is 11.6 Å². The molecule has 1 N–H and O–H groups in total. The molecule has 0 amide bonds. The normalized spacial score (nSPS) is 21.7. The highest BCUT2D eigenvalue weighted by Crippen LogP contribution is 2.36. The number of carbonyl (C=O) groups is 1. The zero-order valence-electron chi connectivity index (χ0n) is 17.8. The fourth-order valence-electron chi connectivity index (χ4n) is 5.10. The lowest BCUT2D eigenvalue weighted by molar-refractivity contribution is -0.143. The van der Waals surface area contributed by atoms with Crippen LogP contribution in [0.4, 0.5) is 4.39 Å². The Balaban J connectivity index is 1.38. The molecule has 2 aliphatic rings. The molecule has 0 radical (unpaired) electrons. The van der Waals surface area contributed by atoms with Gasteiger partial charge in [-0.05, 0) is 68.0 Å². The predicted molar refractivity (Wildman–Crippen MR) is 122 cm³/mol. The van der Waals surface area contributed by atoms with E-state index in [1.807, 2.05) is 22.9 Å². The lowest BCUT2D eigenvalue weighted by Crippen LogP contribution is -2.33. The van der Waals surface area contributed by atoms with Gasteiger partial charge < -0.3 is 14.4 Å². The third-order valence-corrected chi connectivity index (χ3v) is 7.08. The number of aliphatic carboxylic acids is 1. The van der Waals surface area contributed by atoms with Gasteiger partial charge in [-0.3, -0.25) is 9.69 Å². The van der Waals surface area contributed by atoms with Crippen molar-refractivity contribution in [3.05, 3.63) is 59.0 Å². The van der Waals surface area contributed by atoms with E-state index in [9.17, 15) is 14.3 Å². The highest BCUT2D eigenvalue weighted by atomic mass is 35.5. The van der Waals surface area contributed by atoms with Gasteiger partial charge in [0.15, 0.2) is 0 Å². The second kappa shape index (κ2) is 8.75. The first-order valence-electron chi connectivity index (χ1n) is 11.2. The lowest BCUT2D eigenvalue weighted by Gasteiger charge is -2.30. The molecule has 168 valence electrons. The summed E-state index contributed by atoms with van der Waals surface area (Å²) in [6, 6.07) is 10.7. The summed E-state index contributed by atoms with van der Waals surface area (Å²) >= 11 is 6.63. The van der Waals surface area contributed by atoms with Crippen LogP contribution >= 0.6 is 11.6 Å². The molecule has 32 heavy (non-hydrogen) atoms. The van der Waals surface area contributed by atoms with Crippen LogP contribution in [0.5, 0.6) is 5.75 Å². The molecule has 1 aliphatic heterocycles. The first kappa shape index (κ1) is 21.3. The van der Waals surface area contributed by atoms with Gasteiger partial charge in [0, 0.05) is 42.5 Å². The van der Waals surface area contributed by atoms with E-state index in [2.05, 4.69) is 11.0 Å². The van der Waals surface area contributed by atoms with Gasteiger partial charge in [0.05, 0.1) is 16.5 Å². The Kier molecular flexibility index (Phi) is 5.82. The molecular weight excluding hydrogens is 431 g/mol. The van der Waals surface area contributed by atoms with Gasteiger partial charge in [-0.25, -0.2) is 4.39 Å². The zero-order valence-corrected chi connectivity index (χ0v) is 18.5. The third kappa shape index (κ3) is 4.21. The number of aromatic nitrogens is 1. The van der Waals surface area contributed by atoms with E-state index in [1.165, 1.54) is 12.1 Å². The summed E-state index contributed by atoms with van der Waals surface area (Å²) in [5.41, 5.74) is 2.87. The maximum Gasteiger partial charge on any atom is 0.306 e. The van der Waals surface area contributed by atoms with Gasteiger partial charge in [0.25, 0.3) is 0 Å². The first-order chi connectivity index (χ1) is 15.5. The van der Waals surface area contributed by atoms with Gasteiger partial charge in [0.2, 0.25) is 0 Å². The van der Waals surface area contributed by atoms with Crippen LogP contribution in [-0.2, 0) is 11.3 Å². The number of rotatable bonds is 4. The largest absolute Gasteiger partial charge is 0.490 e. The number of benzene rings is 2. The van der Waals surface area contributed by atoms with Crippen molar-refractivity contribution in [1.82, 2.24) is 9.47 Å². The van der Waals surface area contributed by atoms with Gasteiger partial charge in [-0.15, -0.1) is 0 Å². The number of carboxylic acid groups (broad SMARTS) is 1. The fraction of sp³-hybridized carbons (Fsp3) is 0.400. The zero-order chi connectivity index (χ0) is 22.2. The highest BCUT2D eigenvalue weighted by Gasteiger charge is 2.28. The van der Waals surface area contributed by atoms with E-state index >= 15 is 0 Å². The molecule has 0 saturated heterocycles. The molecule has 0 unspecified atom stereocenters. The summed E-state index contributed by atoms with van der Waals surface area (Å²) in [4.78, 5) is 13.6. The predicted octanol–water partition coefficient (Wildman–Crippen LogP) is 5.51. The second-order valence-electron chi connectivity index (χ2n) is 8.94. The van der Waals surface area contributed by atoms with Crippen LogP contribution in [-0.4, -0.2) is 40.2 Å². The number of carboxylic acids is 1. The summed E-state index contributed by atoms with van der Waals surface area (Å²) < 4.78 is 21.6. The van der Waals surface area contributed by atoms with E-state index in [0.717, 1.165) is 73.2 Å². The van der Waals surface area contributed by atoms with Crippen LogP contribution < -0.4 is 4.74 Å². The minimum Gasteiger partial charge on any atom is -0.490 e. The van der Waals surface area contributed by atoms with Crippen molar-refractivity contribution in [2.75, 3.05) is 19.7 Å². The summed E-state index contributed by atoms with van der Waals surface area (Å²) in [5, 5.41) is 10.7. The average Bonchev–Trinajstić information content (AvgIpc) is 3.07. The molecule has 1 fully saturated rings. The van der Waals surface area contributed by atoms with Gasteiger partial charge >= 0.3 is 5.97 Å². The molecule has 5 rings (SSSR count). The molecular formula is C25H26ClFN2O3. The summed E-state index contributed by atoms with van der Waals surface area (Å²) in [6.45, 7) is 3.05. The first-order valence-corrected chi connectivity index (χ1v) is 11.5. The Hall–Kier alpha value is -2.57. The minimum atomic E-state index is -0.664. The second-order valence-corrected chi connectivity index (χ2v) is 9.35. The van der Waals surface area contributed by atoms with Crippen LogP contribution in [0.15, 0.2) is 42.6 Å². The molecule has 5 nitrogen and oxygen atoms in total. The lowest BCUT2D eigenvalue weighted by atomic mass is 9.82. The number of hydrogen-bond donors (Lipinski definition) is 1. The third-order valence-electron chi connectivity index (χ3n) is 6.80.